The molecule has 0 fully saturated rings. The SMILES string of the molecule is CCCC[n+]1ccc(-c2cc[n+](CCCC)cc2)cc1.CCCC[n+]1ccc(-c2cc[n+](CCCC)cc2)cc1.O.O.O=S(=O)([O-])c1cc(S(=O)(=O)[O-])c2ccc3c(S(=O)(=O)[O-])cc(S(=O)(=O)[O-])c4ccc1c2c43. The number of nitrogens with zero attached hydrogens (tertiary/aromatic N) is 4. The van der Waals surface area contributed by atoms with Crippen molar-refractivity contribution in [3.63, 3.8) is 0 Å². The molecule has 0 atom stereocenters. The lowest BCUT2D eigenvalue weighted by molar-refractivity contribution is -0.697. The molecule has 4 aromatic carbocycles. The van der Waals surface area contributed by atoms with Crippen molar-refractivity contribution >= 4 is 72.8 Å². The summed E-state index contributed by atoms with van der Waals surface area (Å²) in [5, 5.41) is -2.90. The molecule has 0 aliphatic rings. The van der Waals surface area contributed by atoms with E-state index in [1.807, 2.05) is 0 Å². The fourth-order valence-electron chi connectivity index (χ4n) is 8.25. The Labute approximate surface area is 433 Å². The Morgan fingerprint density at radius 2 is 0.500 bits per heavy atom. The Kier molecular flexibility index (Phi) is 21.3. The summed E-state index contributed by atoms with van der Waals surface area (Å²) in [6.07, 6.45) is 27.4. The van der Waals surface area contributed by atoms with Crippen LogP contribution in [0.25, 0.3) is 54.6 Å². The third kappa shape index (κ3) is 15.1. The Hall–Kier alpha value is -5.92. The first-order valence-electron chi connectivity index (χ1n) is 23.7. The summed E-state index contributed by atoms with van der Waals surface area (Å²) in [7, 11) is -21.6. The number of hydrogen-bond donors (Lipinski definition) is 0. The standard InChI is InChI=1S/2C18H26N2.C16H10O12S4.2H2O/c2*1-3-5-11-19-13-7-17(8-14-19)18-9-15-20(16-10-18)12-6-4-2;17-29(18,19)11-5-13(31(23,24)25)9-3-4-10-14(32(26,27)28)6-12(30(20,21)22)8-2-1-7(11)15(9)16(8)10;;/h2*7-10,13-16H,3-6,11-12H2,1-2H3;1-6H,(H,17,18,19)(H,20,21,22)(H,23,24,25)(H,26,27,28);2*1H2/q2*+2;;;/p-4. The molecule has 0 saturated heterocycles. The second kappa shape index (κ2) is 26.0. The van der Waals surface area contributed by atoms with Crippen molar-refractivity contribution in [1.29, 1.82) is 0 Å². The van der Waals surface area contributed by atoms with Gasteiger partial charge in [-0.15, -0.1) is 0 Å². The molecule has 0 spiro atoms. The molecule has 0 amide bonds. The fraction of sp³-hybridized carbons (Fsp3) is 0.308. The molecule has 74 heavy (non-hydrogen) atoms. The molecule has 0 bridgehead atoms. The van der Waals surface area contributed by atoms with E-state index >= 15 is 0 Å². The van der Waals surface area contributed by atoms with Crippen LogP contribution in [0.1, 0.15) is 79.1 Å². The van der Waals surface area contributed by atoms with Gasteiger partial charge in [-0.1, -0.05) is 77.6 Å². The summed E-state index contributed by atoms with van der Waals surface area (Å²) in [6.45, 7) is 13.4. The van der Waals surface area contributed by atoms with Crippen molar-refractivity contribution in [2.24, 2.45) is 0 Å². The molecule has 398 valence electrons. The maximum atomic E-state index is 11.8. The van der Waals surface area contributed by atoms with Gasteiger partial charge < -0.3 is 29.2 Å². The van der Waals surface area contributed by atoms with Crippen molar-refractivity contribution in [1.82, 2.24) is 0 Å². The zero-order chi connectivity index (χ0) is 52.4. The highest BCUT2D eigenvalue weighted by Gasteiger charge is 2.25. The minimum Gasteiger partial charge on any atom is -0.744 e. The van der Waals surface area contributed by atoms with Crippen LogP contribution in [0.3, 0.4) is 0 Å². The maximum Gasteiger partial charge on any atom is 0.169 e. The van der Waals surface area contributed by atoms with Crippen LogP contribution in [0.4, 0.5) is 0 Å². The third-order valence-corrected chi connectivity index (χ3v) is 15.6. The van der Waals surface area contributed by atoms with Crippen molar-refractivity contribution < 1.29 is 81.1 Å². The Morgan fingerprint density at radius 3 is 0.649 bits per heavy atom. The lowest BCUT2D eigenvalue weighted by atomic mass is 9.94. The van der Waals surface area contributed by atoms with Crippen LogP contribution in [-0.4, -0.2) is 62.8 Å². The first-order chi connectivity index (χ1) is 34.1. The quantitative estimate of drug-likeness (QED) is 0.0575. The minimum atomic E-state index is -5.40. The van der Waals surface area contributed by atoms with E-state index in [-0.39, 0.29) is 11.0 Å². The number of unbranched alkanes of at least 4 members (excludes halogenated alkanes) is 4. The van der Waals surface area contributed by atoms with Crippen LogP contribution in [0.5, 0.6) is 0 Å². The molecule has 0 saturated carbocycles. The highest BCUT2D eigenvalue weighted by Crippen LogP contribution is 2.44. The van der Waals surface area contributed by atoms with Gasteiger partial charge in [0.25, 0.3) is 0 Å². The summed E-state index contributed by atoms with van der Waals surface area (Å²) in [5.74, 6) is 0. The smallest absolute Gasteiger partial charge is 0.169 e. The molecule has 0 unspecified atom stereocenters. The molecule has 0 aliphatic carbocycles. The minimum absolute atomic E-state index is 0. The first-order valence-corrected chi connectivity index (χ1v) is 29.3. The summed E-state index contributed by atoms with van der Waals surface area (Å²) in [5.41, 5.74) is 5.17. The second-order valence-corrected chi connectivity index (χ2v) is 22.7. The fourth-order valence-corrected chi connectivity index (χ4v) is 11.2. The topological polar surface area (TPSA) is 307 Å². The Balaban J connectivity index is 0.000000248. The number of benzene rings is 4. The highest BCUT2D eigenvalue weighted by molar-refractivity contribution is 7.87. The largest absolute Gasteiger partial charge is 0.744 e. The van der Waals surface area contributed by atoms with Crippen molar-refractivity contribution in [2.75, 3.05) is 0 Å². The lowest BCUT2D eigenvalue weighted by Crippen LogP contribution is -2.32. The number of aromatic nitrogens is 4. The normalized spacial score (nSPS) is 11.8. The number of hydrogen-bond acceptors (Lipinski definition) is 12. The van der Waals surface area contributed by atoms with Crippen LogP contribution in [-0.2, 0) is 66.7 Å². The van der Waals surface area contributed by atoms with Gasteiger partial charge in [0, 0.05) is 95.8 Å². The zero-order valence-corrected chi connectivity index (χ0v) is 44.8. The predicted molar refractivity (Wildman–Crippen MR) is 273 cm³/mol. The predicted octanol–water partition coefficient (Wildman–Crippen LogP) is 5.61. The van der Waals surface area contributed by atoms with E-state index < -0.39 is 92.4 Å². The van der Waals surface area contributed by atoms with Gasteiger partial charge in [0.05, 0.1) is 19.6 Å². The van der Waals surface area contributed by atoms with E-state index in [1.54, 1.807) is 0 Å². The van der Waals surface area contributed by atoms with Crippen molar-refractivity contribution in [3.05, 3.63) is 135 Å². The summed E-state index contributed by atoms with van der Waals surface area (Å²) in [4.78, 5) is -4.63. The Bertz CT molecular complexity index is 3130. The molecule has 4 aromatic heterocycles. The van der Waals surface area contributed by atoms with E-state index in [0.717, 1.165) is 50.4 Å². The summed E-state index contributed by atoms with van der Waals surface area (Å²) < 4.78 is 150. The number of pyridine rings is 4. The first kappa shape index (κ1) is 60.6. The average molecular weight is 1100 g/mol. The van der Waals surface area contributed by atoms with Crippen molar-refractivity contribution in [3.8, 4) is 22.3 Å². The van der Waals surface area contributed by atoms with Gasteiger partial charge in [0.1, 0.15) is 66.7 Å². The molecule has 4 heterocycles. The maximum absolute atomic E-state index is 11.8. The molecule has 0 aliphatic heterocycles. The average Bonchev–Trinajstić information content (AvgIpc) is 3.34. The third-order valence-electron chi connectivity index (χ3n) is 12.1. The number of rotatable bonds is 18. The molecule has 18 nitrogen and oxygen atoms in total. The highest BCUT2D eigenvalue weighted by atomic mass is 32.2. The zero-order valence-electron chi connectivity index (χ0n) is 41.5. The van der Waals surface area contributed by atoms with Gasteiger partial charge in [-0.3, -0.25) is 0 Å². The number of aryl methyl sites for hydroxylation is 4. The van der Waals surface area contributed by atoms with E-state index in [2.05, 4.69) is 144 Å². The van der Waals surface area contributed by atoms with Gasteiger partial charge >= 0.3 is 0 Å². The van der Waals surface area contributed by atoms with Crippen LogP contribution in [0.2, 0.25) is 0 Å². The van der Waals surface area contributed by atoms with Crippen LogP contribution >= 0.6 is 0 Å². The van der Waals surface area contributed by atoms with Gasteiger partial charge in [-0.25, -0.2) is 51.9 Å². The molecular formula is C52H62N4O14S4. The van der Waals surface area contributed by atoms with E-state index in [1.165, 1.54) is 73.6 Å². The van der Waals surface area contributed by atoms with Crippen LogP contribution in [0, 0.1) is 0 Å². The molecular weight excluding hydrogens is 1030 g/mol. The molecule has 8 rings (SSSR count). The van der Waals surface area contributed by atoms with Gasteiger partial charge in [0.2, 0.25) is 0 Å². The van der Waals surface area contributed by atoms with Gasteiger partial charge in [-0.2, -0.15) is 0 Å². The molecule has 0 radical (unpaired) electrons. The van der Waals surface area contributed by atoms with E-state index in [0.29, 0.717) is 12.1 Å². The van der Waals surface area contributed by atoms with Crippen LogP contribution in [0.15, 0.2) is 154 Å². The molecule has 22 heteroatoms. The monoisotopic (exact) mass is 1090 g/mol. The summed E-state index contributed by atoms with van der Waals surface area (Å²) in [6, 6.07) is 21.9. The van der Waals surface area contributed by atoms with Gasteiger partial charge in [0.15, 0.2) is 49.6 Å². The van der Waals surface area contributed by atoms with Crippen molar-refractivity contribution in [2.45, 2.75) is 125 Å². The lowest BCUT2D eigenvalue weighted by Gasteiger charge is -2.23. The molecule has 8 aromatic rings. The van der Waals surface area contributed by atoms with Gasteiger partial charge in [-0.05, 0) is 45.2 Å². The van der Waals surface area contributed by atoms with Crippen LogP contribution < -0.4 is 18.3 Å². The van der Waals surface area contributed by atoms with E-state index in [9.17, 15) is 51.9 Å². The summed E-state index contributed by atoms with van der Waals surface area (Å²) >= 11 is 0. The Morgan fingerprint density at radius 1 is 0.324 bits per heavy atom. The molecule has 4 N–H and O–H groups in total. The van der Waals surface area contributed by atoms with E-state index in [4.69, 9.17) is 0 Å². The second-order valence-electron chi connectivity index (χ2n) is 17.3.